The molecule has 0 aromatic heterocycles. The second kappa shape index (κ2) is 4.42. The molecule has 0 radical (unpaired) electrons. The number of hydrogen-bond donors (Lipinski definition) is 1. The highest BCUT2D eigenvalue weighted by Gasteiger charge is 1.88. The number of benzene rings is 1. The summed E-state index contributed by atoms with van der Waals surface area (Å²) in [6.45, 7) is 2.09. The molecule has 0 spiro atoms. The topological polar surface area (TPSA) is 26.0 Å². The van der Waals surface area contributed by atoms with E-state index in [0.29, 0.717) is 0 Å². The number of allylic oxidation sites excluding steroid dienone is 1. The monoisotopic (exact) mass is 159 g/mol. The lowest BCUT2D eigenvalue weighted by molar-refractivity contribution is 1.25. The average Bonchev–Trinajstić information content (AvgIpc) is 2.05. The van der Waals surface area contributed by atoms with Crippen molar-refractivity contribution < 1.29 is 0 Å². The van der Waals surface area contributed by atoms with Crippen LogP contribution in [0.15, 0.2) is 42.3 Å². The molecule has 12 heavy (non-hydrogen) atoms. The van der Waals surface area contributed by atoms with E-state index in [1.54, 1.807) is 0 Å². The summed E-state index contributed by atoms with van der Waals surface area (Å²) in [6.07, 6.45) is 4.25. The van der Waals surface area contributed by atoms with E-state index in [1.807, 2.05) is 6.08 Å². The number of aryl methyl sites for hydroxylation is 1. The maximum atomic E-state index is 5.16. The lowest BCUT2D eigenvalue weighted by atomic mass is 10.1. The van der Waals surface area contributed by atoms with Gasteiger partial charge in [-0.15, -0.1) is 5.73 Å². The fourth-order valence-corrected chi connectivity index (χ4v) is 1.08. The summed E-state index contributed by atoms with van der Waals surface area (Å²) in [4.78, 5) is 0. The molecule has 0 heterocycles. The van der Waals surface area contributed by atoms with Crippen LogP contribution in [-0.2, 0) is 6.42 Å². The summed E-state index contributed by atoms with van der Waals surface area (Å²) < 4.78 is 0. The molecule has 0 saturated carbocycles. The third-order valence-electron chi connectivity index (χ3n) is 1.63. The van der Waals surface area contributed by atoms with Gasteiger partial charge in [0.05, 0.1) is 0 Å². The fourth-order valence-electron chi connectivity index (χ4n) is 1.08. The molecule has 0 fully saturated rings. The normalized spacial score (nSPS) is 8.75. The number of rotatable bonds is 2. The molecule has 0 aliphatic rings. The lowest BCUT2D eigenvalue weighted by Gasteiger charge is -1.96. The minimum atomic E-state index is 0.898. The van der Waals surface area contributed by atoms with Crippen LogP contribution in [0.1, 0.15) is 11.1 Å². The van der Waals surface area contributed by atoms with Gasteiger partial charge in [-0.3, -0.25) is 0 Å². The van der Waals surface area contributed by atoms with Gasteiger partial charge in [0.15, 0.2) is 0 Å². The molecule has 0 aliphatic heterocycles. The molecule has 0 unspecified atom stereocenters. The predicted molar refractivity (Wildman–Crippen MR) is 51.7 cm³/mol. The largest absolute Gasteiger partial charge is 0.398 e. The highest BCUT2D eigenvalue weighted by Crippen LogP contribution is 2.04. The number of hydrogen-bond acceptors (Lipinski definition) is 1. The quantitative estimate of drug-likeness (QED) is 0.657. The molecule has 0 atom stereocenters. The molecule has 2 N–H and O–H groups in total. The van der Waals surface area contributed by atoms with Gasteiger partial charge < -0.3 is 5.73 Å². The van der Waals surface area contributed by atoms with Crippen LogP contribution in [0.3, 0.4) is 0 Å². The van der Waals surface area contributed by atoms with E-state index in [1.165, 1.54) is 17.3 Å². The molecule has 0 bridgehead atoms. The van der Waals surface area contributed by atoms with Gasteiger partial charge in [0.2, 0.25) is 0 Å². The molecule has 62 valence electrons. The third-order valence-corrected chi connectivity index (χ3v) is 1.63. The van der Waals surface area contributed by atoms with Gasteiger partial charge in [0.25, 0.3) is 0 Å². The first kappa shape index (κ1) is 8.63. The van der Waals surface area contributed by atoms with E-state index in [0.717, 1.165) is 6.42 Å². The van der Waals surface area contributed by atoms with Crippen molar-refractivity contribution in [3.63, 3.8) is 0 Å². The Labute approximate surface area is 73.2 Å². The highest BCUT2D eigenvalue weighted by atomic mass is 14.5. The Bertz CT molecular complexity index is 307. The summed E-state index contributed by atoms with van der Waals surface area (Å²) in [5, 5.41) is 0. The van der Waals surface area contributed by atoms with Crippen LogP contribution in [0.25, 0.3) is 0 Å². The summed E-state index contributed by atoms with van der Waals surface area (Å²) in [7, 11) is 0. The van der Waals surface area contributed by atoms with Crippen LogP contribution in [0.4, 0.5) is 0 Å². The SMILES string of the molecule is Cc1cccc(CC=C=CN)c1. The number of nitrogens with two attached hydrogens (primary N) is 1. The first-order chi connectivity index (χ1) is 5.83. The highest BCUT2D eigenvalue weighted by molar-refractivity contribution is 5.23. The van der Waals surface area contributed by atoms with Crippen molar-refractivity contribution in [2.45, 2.75) is 13.3 Å². The second-order valence-electron chi connectivity index (χ2n) is 2.73. The van der Waals surface area contributed by atoms with Gasteiger partial charge in [0, 0.05) is 6.20 Å². The molecule has 0 aliphatic carbocycles. The summed E-state index contributed by atoms with van der Waals surface area (Å²) in [5.74, 6) is 0. The van der Waals surface area contributed by atoms with Gasteiger partial charge in [-0.2, -0.15) is 0 Å². The first-order valence-electron chi connectivity index (χ1n) is 3.99. The van der Waals surface area contributed by atoms with Crippen molar-refractivity contribution in [3.05, 3.63) is 53.4 Å². The second-order valence-corrected chi connectivity index (χ2v) is 2.73. The van der Waals surface area contributed by atoms with Crippen molar-refractivity contribution in [2.24, 2.45) is 5.73 Å². The van der Waals surface area contributed by atoms with E-state index in [-0.39, 0.29) is 0 Å². The van der Waals surface area contributed by atoms with E-state index >= 15 is 0 Å². The smallest absolute Gasteiger partial charge is 0.0368 e. The van der Waals surface area contributed by atoms with Crippen LogP contribution >= 0.6 is 0 Å². The van der Waals surface area contributed by atoms with Crippen molar-refractivity contribution in [1.29, 1.82) is 0 Å². The molecule has 1 aromatic rings. The van der Waals surface area contributed by atoms with Crippen molar-refractivity contribution in [3.8, 4) is 0 Å². The molecule has 1 heteroatoms. The minimum Gasteiger partial charge on any atom is -0.398 e. The van der Waals surface area contributed by atoms with Gasteiger partial charge in [-0.1, -0.05) is 29.8 Å². The Hall–Kier alpha value is -1.46. The Balaban J connectivity index is 2.70. The van der Waals surface area contributed by atoms with Gasteiger partial charge in [-0.25, -0.2) is 0 Å². The zero-order valence-corrected chi connectivity index (χ0v) is 7.25. The fraction of sp³-hybridized carbons (Fsp3) is 0.182. The average molecular weight is 159 g/mol. The lowest BCUT2D eigenvalue weighted by Crippen LogP contribution is -1.81. The molecular weight excluding hydrogens is 146 g/mol. The first-order valence-corrected chi connectivity index (χ1v) is 3.99. The maximum absolute atomic E-state index is 5.16. The summed E-state index contributed by atoms with van der Waals surface area (Å²) in [6, 6.07) is 8.41. The molecule has 1 rings (SSSR count). The van der Waals surface area contributed by atoms with Crippen LogP contribution in [0, 0.1) is 6.92 Å². The van der Waals surface area contributed by atoms with Crippen LogP contribution in [0.5, 0.6) is 0 Å². The zero-order chi connectivity index (χ0) is 8.81. The van der Waals surface area contributed by atoms with Crippen molar-refractivity contribution in [1.82, 2.24) is 0 Å². The Morgan fingerprint density at radius 2 is 2.33 bits per heavy atom. The van der Waals surface area contributed by atoms with E-state index < -0.39 is 0 Å². The van der Waals surface area contributed by atoms with Gasteiger partial charge >= 0.3 is 0 Å². The van der Waals surface area contributed by atoms with Crippen LogP contribution in [0.2, 0.25) is 0 Å². The van der Waals surface area contributed by atoms with E-state index in [2.05, 4.69) is 36.9 Å². The van der Waals surface area contributed by atoms with Gasteiger partial charge in [0.1, 0.15) is 0 Å². The van der Waals surface area contributed by atoms with Crippen LogP contribution in [-0.4, -0.2) is 0 Å². The Morgan fingerprint density at radius 1 is 1.50 bits per heavy atom. The molecular formula is C11H13N. The van der Waals surface area contributed by atoms with E-state index in [4.69, 9.17) is 5.73 Å². The Morgan fingerprint density at radius 3 is 3.00 bits per heavy atom. The summed E-state index contributed by atoms with van der Waals surface area (Å²) in [5.41, 5.74) is 10.6. The van der Waals surface area contributed by atoms with Crippen LogP contribution < -0.4 is 5.73 Å². The molecule has 0 amide bonds. The van der Waals surface area contributed by atoms with E-state index in [9.17, 15) is 0 Å². The summed E-state index contributed by atoms with van der Waals surface area (Å²) >= 11 is 0. The standard InChI is InChI=1S/C11H13N/c1-10-5-4-7-11(9-10)6-2-3-8-12/h2,4-5,7-9H,6,12H2,1H3. The third kappa shape index (κ3) is 2.65. The molecule has 0 saturated heterocycles. The molecule has 1 nitrogen and oxygen atoms in total. The maximum Gasteiger partial charge on any atom is 0.0368 e. The molecule has 1 aromatic carbocycles. The van der Waals surface area contributed by atoms with Gasteiger partial charge in [-0.05, 0) is 25.0 Å². The van der Waals surface area contributed by atoms with Crippen molar-refractivity contribution in [2.75, 3.05) is 0 Å². The minimum absolute atomic E-state index is 0.898. The van der Waals surface area contributed by atoms with Crippen molar-refractivity contribution >= 4 is 0 Å². The zero-order valence-electron chi connectivity index (χ0n) is 7.25. The Kier molecular flexibility index (Phi) is 3.18. The predicted octanol–water partition coefficient (Wildman–Crippen LogP) is 2.17.